The zero-order valence-electron chi connectivity index (χ0n) is 20.3. The van der Waals surface area contributed by atoms with Gasteiger partial charge in [-0.25, -0.2) is 9.36 Å². The summed E-state index contributed by atoms with van der Waals surface area (Å²) in [5.74, 6) is 0.163. The number of aromatic amines is 1. The Kier molecular flexibility index (Phi) is 8.15. The van der Waals surface area contributed by atoms with Crippen molar-refractivity contribution in [3.63, 3.8) is 0 Å². The first-order valence-corrected chi connectivity index (χ1v) is 12.9. The molecule has 3 aromatic rings. The second-order valence-electron chi connectivity index (χ2n) is 8.31. The maximum Gasteiger partial charge on any atom is 0.587 e. The van der Waals surface area contributed by atoms with E-state index < -0.39 is 44.1 Å². The number of nitrogens with zero attached hydrogens (tertiary/aromatic N) is 6. The molecule has 0 saturated carbocycles. The summed E-state index contributed by atoms with van der Waals surface area (Å²) in [7, 11) is -4.42. The van der Waals surface area contributed by atoms with Crippen LogP contribution >= 0.6 is 7.82 Å². The standard InChI is InChI=1S/C24H20N7O7P/c1-15-13-31(24(33)28-23(15)32)22-10-20(29-30-27)21(36-22)14-35-39(34,37-18-6-2-16(11-25)3-7-18)38-19-8-4-17(12-26)5-9-19/h2-9,13,20-22H,10,14H2,1H3,(H,28,32,33)/t20-,21+,22+/m0/s1. The van der Waals surface area contributed by atoms with Crippen LogP contribution in [0.2, 0.25) is 0 Å². The highest BCUT2D eigenvalue weighted by atomic mass is 31.2. The molecule has 1 saturated heterocycles. The summed E-state index contributed by atoms with van der Waals surface area (Å²) >= 11 is 0. The summed E-state index contributed by atoms with van der Waals surface area (Å²) in [4.78, 5) is 29.1. The summed E-state index contributed by atoms with van der Waals surface area (Å²) in [5, 5.41) is 21.7. The van der Waals surface area contributed by atoms with Crippen molar-refractivity contribution in [3.05, 3.63) is 103 Å². The van der Waals surface area contributed by atoms with Crippen molar-refractivity contribution in [3.8, 4) is 23.6 Å². The SMILES string of the molecule is Cc1cn([C@H]2C[C@H](N=[N+]=[N-])[C@@H](COP(=O)(Oc3ccc(C#N)cc3)Oc3ccc(C#N)cc3)O2)c(=O)[nH]c1=O. The molecular formula is C24H20N7O7P. The highest BCUT2D eigenvalue weighted by Crippen LogP contribution is 2.50. The molecule has 2 heterocycles. The molecule has 1 aromatic heterocycles. The number of phosphoric ester groups is 1. The van der Waals surface area contributed by atoms with Gasteiger partial charge < -0.3 is 13.8 Å². The molecular weight excluding hydrogens is 529 g/mol. The summed E-state index contributed by atoms with van der Waals surface area (Å²) < 4.78 is 37.5. The minimum absolute atomic E-state index is 0.0702. The van der Waals surface area contributed by atoms with E-state index in [1.165, 1.54) is 61.7 Å². The molecule has 2 aromatic carbocycles. The highest BCUT2D eigenvalue weighted by Gasteiger charge is 2.40. The van der Waals surface area contributed by atoms with E-state index in [1.807, 2.05) is 12.1 Å². The molecule has 1 aliphatic heterocycles. The molecule has 0 spiro atoms. The van der Waals surface area contributed by atoms with Gasteiger partial charge in [-0.2, -0.15) is 10.5 Å². The van der Waals surface area contributed by atoms with Crippen LogP contribution in [0.15, 0.2) is 69.4 Å². The number of benzene rings is 2. The fraction of sp³-hybridized carbons (Fsp3) is 0.250. The molecule has 15 heteroatoms. The van der Waals surface area contributed by atoms with E-state index in [-0.39, 0.29) is 23.5 Å². The zero-order valence-corrected chi connectivity index (χ0v) is 21.2. The van der Waals surface area contributed by atoms with Crippen LogP contribution in [-0.2, 0) is 13.8 Å². The Labute approximate surface area is 220 Å². The topological polar surface area (TPSA) is 205 Å². The first-order chi connectivity index (χ1) is 18.7. The van der Waals surface area contributed by atoms with E-state index in [9.17, 15) is 14.2 Å². The molecule has 0 aliphatic carbocycles. The second-order valence-corrected chi connectivity index (χ2v) is 9.83. The Hall–Kier alpha value is -4.84. The minimum atomic E-state index is -4.42. The molecule has 4 rings (SSSR count). The lowest BCUT2D eigenvalue weighted by Gasteiger charge is -2.22. The predicted molar refractivity (Wildman–Crippen MR) is 135 cm³/mol. The van der Waals surface area contributed by atoms with Crippen LogP contribution in [0, 0.1) is 29.6 Å². The van der Waals surface area contributed by atoms with Crippen molar-refractivity contribution in [2.75, 3.05) is 6.61 Å². The van der Waals surface area contributed by atoms with Gasteiger partial charge in [0, 0.05) is 23.1 Å². The van der Waals surface area contributed by atoms with Gasteiger partial charge in [-0.05, 0) is 61.0 Å². The molecule has 198 valence electrons. The van der Waals surface area contributed by atoms with E-state index in [4.69, 9.17) is 34.4 Å². The van der Waals surface area contributed by atoms with E-state index in [2.05, 4.69) is 15.0 Å². The van der Waals surface area contributed by atoms with Gasteiger partial charge in [0.15, 0.2) is 0 Å². The summed E-state index contributed by atoms with van der Waals surface area (Å²) in [6.45, 7) is 1.09. The van der Waals surface area contributed by atoms with E-state index in [0.29, 0.717) is 11.1 Å². The predicted octanol–water partition coefficient (Wildman–Crippen LogP) is 3.84. The quantitative estimate of drug-likeness (QED) is 0.178. The molecule has 0 bridgehead atoms. The van der Waals surface area contributed by atoms with Crippen LogP contribution in [0.3, 0.4) is 0 Å². The molecule has 0 radical (unpaired) electrons. The van der Waals surface area contributed by atoms with Gasteiger partial charge in [0.25, 0.3) is 5.56 Å². The number of rotatable bonds is 9. The number of hydrogen-bond donors (Lipinski definition) is 1. The molecule has 14 nitrogen and oxygen atoms in total. The largest absolute Gasteiger partial charge is 0.587 e. The lowest BCUT2D eigenvalue weighted by atomic mass is 10.1. The maximum absolute atomic E-state index is 13.7. The average molecular weight is 549 g/mol. The van der Waals surface area contributed by atoms with Crippen molar-refractivity contribution in [1.29, 1.82) is 10.5 Å². The summed E-state index contributed by atoms with van der Waals surface area (Å²) in [6, 6.07) is 14.5. The van der Waals surface area contributed by atoms with Gasteiger partial charge in [0.05, 0.1) is 42.0 Å². The molecule has 0 unspecified atom stereocenters. The van der Waals surface area contributed by atoms with Crippen LogP contribution in [0.4, 0.5) is 0 Å². The van der Waals surface area contributed by atoms with Crippen molar-refractivity contribution in [1.82, 2.24) is 9.55 Å². The summed E-state index contributed by atoms with van der Waals surface area (Å²) in [5.41, 5.74) is 8.75. The zero-order chi connectivity index (χ0) is 28.0. The number of phosphoric acid groups is 1. The number of aryl methyl sites for hydroxylation is 1. The number of hydrogen-bond acceptors (Lipinski definition) is 10. The monoisotopic (exact) mass is 549 g/mol. The van der Waals surface area contributed by atoms with Crippen LogP contribution in [0.5, 0.6) is 11.5 Å². The number of nitrogens with one attached hydrogen (secondary N) is 1. The van der Waals surface area contributed by atoms with Gasteiger partial charge in [0.1, 0.15) is 17.7 Å². The highest BCUT2D eigenvalue weighted by molar-refractivity contribution is 7.49. The Balaban J connectivity index is 1.57. The lowest BCUT2D eigenvalue weighted by molar-refractivity contribution is -0.0260. The van der Waals surface area contributed by atoms with Crippen molar-refractivity contribution in [2.24, 2.45) is 5.11 Å². The molecule has 1 fully saturated rings. The van der Waals surface area contributed by atoms with Crippen LogP contribution in [0.25, 0.3) is 10.4 Å². The number of aromatic nitrogens is 2. The van der Waals surface area contributed by atoms with Gasteiger partial charge >= 0.3 is 13.5 Å². The molecule has 39 heavy (non-hydrogen) atoms. The van der Waals surface area contributed by atoms with E-state index in [0.717, 1.165) is 4.57 Å². The van der Waals surface area contributed by atoms with Gasteiger partial charge in [-0.3, -0.25) is 18.9 Å². The second kappa shape index (κ2) is 11.7. The normalized spacial score (nSPS) is 18.4. The Morgan fingerprint density at radius 3 is 2.18 bits per heavy atom. The van der Waals surface area contributed by atoms with E-state index in [1.54, 1.807) is 0 Å². The van der Waals surface area contributed by atoms with Crippen molar-refractivity contribution >= 4 is 7.82 Å². The number of nitriles is 2. The van der Waals surface area contributed by atoms with Gasteiger partial charge in [-0.1, -0.05) is 5.11 Å². The van der Waals surface area contributed by atoms with Crippen molar-refractivity contribution < 1.29 is 22.9 Å². The first kappa shape index (κ1) is 27.2. The van der Waals surface area contributed by atoms with Crippen molar-refractivity contribution in [2.45, 2.75) is 31.7 Å². The van der Waals surface area contributed by atoms with Crippen LogP contribution in [0.1, 0.15) is 29.3 Å². The molecule has 0 amide bonds. The lowest BCUT2D eigenvalue weighted by Crippen LogP contribution is -2.33. The smallest absolute Gasteiger partial charge is 0.395 e. The fourth-order valence-corrected chi connectivity index (χ4v) is 4.93. The number of azide groups is 1. The minimum Gasteiger partial charge on any atom is -0.395 e. The number of ether oxygens (including phenoxy) is 1. The van der Waals surface area contributed by atoms with Crippen LogP contribution < -0.4 is 20.3 Å². The third-order valence-electron chi connectivity index (χ3n) is 5.66. The number of H-pyrrole nitrogens is 1. The third-order valence-corrected chi connectivity index (χ3v) is 6.99. The third kappa shape index (κ3) is 6.54. The molecule has 1 aliphatic rings. The molecule has 3 atom stereocenters. The Bertz CT molecular complexity index is 1590. The molecule has 1 N–H and O–H groups in total. The summed E-state index contributed by atoms with van der Waals surface area (Å²) in [6.07, 6.45) is -0.474. The maximum atomic E-state index is 13.7. The Morgan fingerprint density at radius 1 is 1.10 bits per heavy atom. The average Bonchev–Trinajstić information content (AvgIpc) is 3.33. The van der Waals surface area contributed by atoms with Gasteiger partial charge in [-0.15, -0.1) is 0 Å². The Morgan fingerprint density at radius 2 is 1.67 bits per heavy atom. The van der Waals surface area contributed by atoms with Gasteiger partial charge in [0.2, 0.25) is 0 Å². The van der Waals surface area contributed by atoms with Crippen LogP contribution in [-0.4, -0.2) is 28.3 Å². The first-order valence-electron chi connectivity index (χ1n) is 11.4. The fourth-order valence-electron chi connectivity index (χ4n) is 3.70. The van der Waals surface area contributed by atoms with E-state index >= 15 is 0 Å².